The van der Waals surface area contributed by atoms with Gasteiger partial charge in [0, 0.05) is 31.5 Å². The van der Waals surface area contributed by atoms with E-state index in [9.17, 15) is 4.79 Å². The molecular formula is C18H28IN7O. The molecule has 0 saturated heterocycles. The second-order valence-corrected chi connectivity index (χ2v) is 5.92. The van der Waals surface area contributed by atoms with Crippen LogP contribution in [0.5, 0.6) is 0 Å². The Bertz CT molecular complexity index is 731. The number of halogens is 1. The third-order valence-electron chi connectivity index (χ3n) is 3.61. The molecule has 0 aliphatic rings. The average Bonchev–Trinajstić information content (AvgIpc) is 2.94. The van der Waals surface area contributed by atoms with Gasteiger partial charge in [0.2, 0.25) is 5.91 Å². The number of carbonyl (C=O) groups is 1. The van der Waals surface area contributed by atoms with Gasteiger partial charge in [0.05, 0.1) is 17.6 Å². The molecule has 27 heavy (non-hydrogen) atoms. The van der Waals surface area contributed by atoms with Crippen LogP contribution in [0.2, 0.25) is 0 Å². The molecule has 0 spiro atoms. The van der Waals surface area contributed by atoms with Gasteiger partial charge < -0.3 is 16.0 Å². The van der Waals surface area contributed by atoms with E-state index in [1.807, 2.05) is 18.5 Å². The van der Waals surface area contributed by atoms with Crippen LogP contribution in [-0.2, 0) is 11.3 Å². The highest BCUT2D eigenvalue weighted by Crippen LogP contribution is 2.03. The first-order valence-corrected chi connectivity index (χ1v) is 8.81. The molecule has 0 aromatic carbocycles. The van der Waals surface area contributed by atoms with Crippen LogP contribution in [0.25, 0.3) is 0 Å². The quantitative estimate of drug-likeness (QED) is 0.230. The van der Waals surface area contributed by atoms with Gasteiger partial charge in [0.15, 0.2) is 5.96 Å². The Morgan fingerprint density at radius 3 is 2.74 bits per heavy atom. The SMILES string of the molecule is CCNC(=NCC(=O)Nc1cccnc1)NCCCn1nc(C)cc1C.I. The molecule has 9 heteroatoms. The van der Waals surface area contributed by atoms with Crippen molar-refractivity contribution in [3.05, 3.63) is 42.0 Å². The fourth-order valence-corrected chi connectivity index (χ4v) is 2.47. The monoisotopic (exact) mass is 485 g/mol. The Labute approximate surface area is 177 Å². The van der Waals surface area contributed by atoms with Crippen LogP contribution in [0.3, 0.4) is 0 Å². The van der Waals surface area contributed by atoms with Gasteiger partial charge in [-0.2, -0.15) is 5.10 Å². The summed E-state index contributed by atoms with van der Waals surface area (Å²) in [7, 11) is 0. The molecule has 0 atom stereocenters. The molecule has 0 unspecified atom stereocenters. The van der Waals surface area contributed by atoms with Crippen LogP contribution >= 0.6 is 24.0 Å². The molecule has 0 bridgehead atoms. The Morgan fingerprint density at radius 1 is 1.30 bits per heavy atom. The topological polar surface area (TPSA) is 96.2 Å². The molecule has 2 aromatic heterocycles. The van der Waals surface area contributed by atoms with Gasteiger partial charge in [0.25, 0.3) is 0 Å². The van der Waals surface area contributed by atoms with E-state index in [0.29, 0.717) is 11.6 Å². The summed E-state index contributed by atoms with van der Waals surface area (Å²) in [6.45, 7) is 8.40. The van der Waals surface area contributed by atoms with E-state index >= 15 is 0 Å². The molecule has 0 aliphatic carbocycles. The highest BCUT2D eigenvalue weighted by atomic mass is 127. The van der Waals surface area contributed by atoms with Gasteiger partial charge in [-0.15, -0.1) is 24.0 Å². The molecule has 148 valence electrons. The zero-order valence-corrected chi connectivity index (χ0v) is 18.4. The van der Waals surface area contributed by atoms with Crippen LogP contribution in [0.4, 0.5) is 5.69 Å². The molecular weight excluding hydrogens is 457 g/mol. The number of guanidine groups is 1. The molecule has 0 saturated carbocycles. The summed E-state index contributed by atoms with van der Waals surface area (Å²) in [4.78, 5) is 20.2. The van der Waals surface area contributed by atoms with E-state index in [2.05, 4.69) is 44.0 Å². The molecule has 0 fully saturated rings. The van der Waals surface area contributed by atoms with E-state index in [1.54, 1.807) is 24.5 Å². The van der Waals surface area contributed by atoms with Gasteiger partial charge in [-0.05, 0) is 45.4 Å². The Kier molecular flexibility index (Phi) is 10.4. The summed E-state index contributed by atoms with van der Waals surface area (Å²) in [5.74, 6) is 0.444. The highest BCUT2D eigenvalue weighted by molar-refractivity contribution is 14.0. The molecule has 2 heterocycles. The van der Waals surface area contributed by atoms with E-state index < -0.39 is 0 Å². The predicted molar refractivity (Wildman–Crippen MR) is 119 cm³/mol. The van der Waals surface area contributed by atoms with Crippen molar-refractivity contribution in [2.24, 2.45) is 4.99 Å². The van der Waals surface area contributed by atoms with Gasteiger partial charge >= 0.3 is 0 Å². The second kappa shape index (κ2) is 12.3. The number of aliphatic imine (C=N–C) groups is 1. The lowest BCUT2D eigenvalue weighted by molar-refractivity contribution is -0.114. The Hall–Kier alpha value is -2.17. The van der Waals surface area contributed by atoms with Crippen LogP contribution in [-0.4, -0.2) is 46.3 Å². The molecule has 2 rings (SSSR count). The fraction of sp³-hybridized carbons (Fsp3) is 0.444. The van der Waals surface area contributed by atoms with E-state index in [4.69, 9.17) is 0 Å². The lowest BCUT2D eigenvalue weighted by atomic mass is 10.4. The van der Waals surface area contributed by atoms with Gasteiger partial charge in [-0.1, -0.05) is 0 Å². The number of carbonyl (C=O) groups excluding carboxylic acids is 1. The number of pyridine rings is 1. The minimum atomic E-state index is -0.183. The largest absolute Gasteiger partial charge is 0.357 e. The van der Waals surface area contributed by atoms with Crippen molar-refractivity contribution in [1.29, 1.82) is 0 Å². The van der Waals surface area contributed by atoms with Crippen molar-refractivity contribution in [2.75, 3.05) is 25.0 Å². The average molecular weight is 485 g/mol. The first-order chi connectivity index (χ1) is 12.6. The standard InChI is InChI=1S/C18H27N7O.HI/c1-4-20-18(21-9-6-10-25-15(3)11-14(2)24-25)22-13-17(26)23-16-7-5-8-19-12-16;/h5,7-8,11-12H,4,6,9-10,13H2,1-3H3,(H,23,26)(H2,20,21,22);1H. The van der Waals surface area contributed by atoms with Crippen molar-refractivity contribution in [3.8, 4) is 0 Å². The van der Waals surface area contributed by atoms with Crippen molar-refractivity contribution in [1.82, 2.24) is 25.4 Å². The Morgan fingerprint density at radius 2 is 2.11 bits per heavy atom. The third kappa shape index (κ3) is 8.37. The second-order valence-electron chi connectivity index (χ2n) is 5.92. The number of anilines is 1. The van der Waals surface area contributed by atoms with Crippen LogP contribution < -0.4 is 16.0 Å². The van der Waals surface area contributed by atoms with Crippen molar-refractivity contribution >= 4 is 41.5 Å². The minimum absolute atomic E-state index is 0. The molecule has 1 amide bonds. The maximum atomic E-state index is 12.0. The summed E-state index contributed by atoms with van der Waals surface area (Å²) in [5, 5.41) is 13.6. The molecule has 2 aromatic rings. The normalized spacial score (nSPS) is 10.9. The number of aromatic nitrogens is 3. The molecule has 3 N–H and O–H groups in total. The smallest absolute Gasteiger partial charge is 0.246 e. The van der Waals surface area contributed by atoms with Gasteiger partial charge in [-0.3, -0.25) is 14.5 Å². The fourth-order valence-electron chi connectivity index (χ4n) is 2.47. The number of aryl methyl sites for hydroxylation is 3. The van der Waals surface area contributed by atoms with E-state index in [-0.39, 0.29) is 36.4 Å². The maximum Gasteiger partial charge on any atom is 0.246 e. The van der Waals surface area contributed by atoms with Crippen LogP contribution in [0, 0.1) is 13.8 Å². The summed E-state index contributed by atoms with van der Waals surface area (Å²) >= 11 is 0. The maximum absolute atomic E-state index is 12.0. The summed E-state index contributed by atoms with van der Waals surface area (Å²) in [6.07, 6.45) is 4.17. The molecule has 0 aliphatic heterocycles. The van der Waals surface area contributed by atoms with Crippen molar-refractivity contribution < 1.29 is 4.79 Å². The number of rotatable bonds is 8. The van der Waals surface area contributed by atoms with Crippen LogP contribution in [0.1, 0.15) is 24.7 Å². The summed E-state index contributed by atoms with van der Waals surface area (Å²) in [6, 6.07) is 5.63. The number of amides is 1. The lowest BCUT2D eigenvalue weighted by Crippen LogP contribution is -2.38. The number of nitrogens with zero attached hydrogens (tertiary/aromatic N) is 4. The van der Waals surface area contributed by atoms with Gasteiger partial charge in [-0.25, -0.2) is 4.99 Å². The first-order valence-electron chi connectivity index (χ1n) is 8.81. The molecule has 8 nitrogen and oxygen atoms in total. The summed E-state index contributed by atoms with van der Waals surface area (Å²) in [5.41, 5.74) is 2.86. The Balaban J connectivity index is 0.00000364. The summed E-state index contributed by atoms with van der Waals surface area (Å²) < 4.78 is 2.00. The van der Waals surface area contributed by atoms with Crippen molar-refractivity contribution in [2.45, 2.75) is 33.7 Å². The zero-order chi connectivity index (χ0) is 18.8. The van der Waals surface area contributed by atoms with Gasteiger partial charge in [0.1, 0.15) is 6.54 Å². The highest BCUT2D eigenvalue weighted by Gasteiger charge is 2.04. The third-order valence-corrected chi connectivity index (χ3v) is 3.61. The predicted octanol–water partition coefficient (Wildman–Crippen LogP) is 2.10. The first kappa shape index (κ1) is 22.9. The molecule has 0 radical (unpaired) electrons. The van der Waals surface area contributed by atoms with Crippen molar-refractivity contribution in [3.63, 3.8) is 0 Å². The lowest BCUT2D eigenvalue weighted by Gasteiger charge is -2.11. The number of hydrogen-bond acceptors (Lipinski definition) is 4. The van der Waals surface area contributed by atoms with E-state index in [1.165, 1.54) is 0 Å². The van der Waals surface area contributed by atoms with Crippen LogP contribution in [0.15, 0.2) is 35.6 Å². The van der Waals surface area contributed by atoms with E-state index in [0.717, 1.165) is 37.4 Å². The number of nitrogens with one attached hydrogen (secondary N) is 3. The minimum Gasteiger partial charge on any atom is -0.357 e. The zero-order valence-electron chi connectivity index (χ0n) is 16.0. The number of hydrogen-bond donors (Lipinski definition) is 3.